The van der Waals surface area contributed by atoms with E-state index < -0.39 is 17.7 Å². The summed E-state index contributed by atoms with van der Waals surface area (Å²) in [6.45, 7) is 3.69. The molecule has 2 atom stereocenters. The van der Waals surface area contributed by atoms with Gasteiger partial charge in [0.1, 0.15) is 22.6 Å². The number of fused-ring (bicyclic) bond motifs is 1. The van der Waals surface area contributed by atoms with Gasteiger partial charge in [0.25, 0.3) is 5.78 Å². The first-order valence-electron chi connectivity index (χ1n) is 10.7. The fourth-order valence-corrected chi connectivity index (χ4v) is 5.53. The summed E-state index contributed by atoms with van der Waals surface area (Å²) in [6, 6.07) is 7.22. The van der Waals surface area contributed by atoms with Crippen LogP contribution in [0.25, 0.3) is 5.76 Å². The number of phenolic OH excluding ortho intramolecular Hbond substituents is 1. The number of carbonyl (C=O) groups excluding carboxylic acids is 2. The number of carbonyl (C=O) groups is 2. The molecule has 35 heavy (non-hydrogen) atoms. The molecular weight excluding hydrogens is 538 g/mol. The van der Waals surface area contributed by atoms with Gasteiger partial charge in [-0.25, -0.2) is 0 Å². The number of ether oxygens (including phenoxy) is 2. The highest BCUT2D eigenvalue weighted by atomic mass is 79.9. The van der Waals surface area contributed by atoms with Crippen LogP contribution in [-0.2, 0) is 16.0 Å². The van der Waals surface area contributed by atoms with Crippen molar-refractivity contribution in [2.75, 3.05) is 12.0 Å². The van der Waals surface area contributed by atoms with E-state index in [1.807, 2.05) is 6.92 Å². The Bertz CT molecular complexity index is 1420. The van der Waals surface area contributed by atoms with Crippen molar-refractivity contribution in [3.05, 3.63) is 62.1 Å². The number of anilines is 1. The number of rotatable bonds is 4. The molecule has 3 aromatic rings. The van der Waals surface area contributed by atoms with E-state index in [-0.39, 0.29) is 34.1 Å². The Labute approximate surface area is 212 Å². The molecule has 2 aliphatic rings. The molecule has 3 heterocycles. The predicted octanol–water partition coefficient (Wildman–Crippen LogP) is 4.27. The number of Topliss-reactive ketones (excluding diaryl/α,β-unsaturated/α-hetero) is 1. The van der Waals surface area contributed by atoms with Crippen LogP contribution in [0.5, 0.6) is 17.2 Å². The monoisotopic (exact) mass is 557 g/mol. The lowest BCUT2D eigenvalue weighted by Crippen LogP contribution is -2.29. The molecule has 5 rings (SSSR count). The first kappa shape index (κ1) is 23.3. The first-order valence-corrected chi connectivity index (χ1v) is 12.3. The number of aliphatic hydroxyl groups is 1. The average molecular weight is 558 g/mol. The Kier molecular flexibility index (Phi) is 5.76. The minimum absolute atomic E-state index is 0.00966. The number of amides is 1. The molecule has 180 valence electrons. The Balaban J connectivity index is 1.73. The second-order valence-electron chi connectivity index (χ2n) is 8.28. The summed E-state index contributed by atoms with van der Waals surface area (Å²) in [4.78, 5) is 27.8. The number of aromatic hydroxyl groups is 1. The average Bonchev–Trinajstić information content (AvgIpc) is 3.49. The van der Waals surface area contributed by atoms with Crippen LogP contribution >= 0.6 is 27.3 Å². The topological polar surface area (TPSA) is 122 Å². The zero-order valence-electron chi connectivity index (χ0n) is 18.9. The van der Waals surface area contributed by atoms with Crippen molar-refractivity contribution in [1.29, 1.82) is 0 Å². The van der Waals surface area contributed by atoms with E-state index in [0.717, 1.165) is 22.6 Å². The van der Waals surface area contributed by atoms with Gasteiger partial charge in [-0.1, -0.05) is 11.3 Å². The zero-order valence-corrected chi connectivity index (χ0v) is 21.3. The lowest BCUT2D eigenvalue weighted by Gasteiger charge is -2.23. The SMILES string of the molecule is COc1cc(C2/C(=C(\O)c3ccc4c(c3)CC(C)O4)C(=O)C(=O)N2c2nnc(C)s2)cc(Br)c1O. The third-order valence-corrected chi connectivity index (χ3v) is 7.36. The van der Waals surface area contributed by atoms with Gasteiger partial charge in [-0.05, 0) is 71.2 Å². The van der Waals surface area contributed by atoms with E-state index >= 15 is 0 Å². The van der Waals surface area contributed by atoms with Crippen molar-refractivity contribution >= 4 is 49.8 Å². The van der Waals surface area contributed by atoms with Crippen molar-refractivity contribution in [3.63, 3.8) is 0 Å². The quantitative estimate of drug-likeness (QED) is 0.277. The lowest BCUT2D eigenvalue weighted by molar-refractivity contribution is -0.132. The molecule has 0 bridgehead atoms. The molecule has 0 radical (unpaired) electrons. The van der Waals surface area contributed by atoms with Crippen LogP contribution in [0.1, 0.15) is 34.7 Å². The number of benzene rings is 2. The molecule has 0 spiro atoms. The van der Waals surface area contributed by atoms with Gasteiger partial charge in [0.2, 0.25) is 5.13 Å². The summed E-state index contributed by atoms with van der Waals surface area (Å²) in [5.41, 5.74) is 1.62. The lowest BCUT2D eigenvalue weighted by atomic mass is 9.94. The predicted molar refractivity (Wildman–Crippen MR) is 132 cm³/mol. The fraction of sp³-hybridized carbons (Fsp3) is 0.250. The summed E-state index contributed by atoms with van der Waals surface area (Å²) in [5, 5.41) is 30.6. The summed E-state index contributed by atoms with van der Waals surface area (Å²) < 4.78 is 11.3. The molecule has 1 aromatic heterocycles. The number of hydrogen-bond acceptors (Lipinski definition) is 9. The van der Waals surface area contributed by atoms with Gasteiger partial charge in [-0.3, -0.25) is 14.5 Å². The maximum absolute atomic E-state index is 13.3. The van der Waals surface area contributed by atoms with Crippen LogP contribution in [0.15, 0.2) is 40.4 Å². The fourth-order valence-electron chi connectivity index (χ4n) is 4.36. The maximum atomic E-state index is 13.3. The van der Waals surface area contributed by atoms with Crippen LogP contribution in [0.2, 0.25) is 0 Å². The number of aliphatic hydroxyl groups excluding tert-OH is 1. The molecule has 1 fully saturated rings. The molecule has 11 heteroatoms. The second kappa shape index (κ2) is 8.65. The molecule has 2 aromatic carbocycles. The second-order valence-corrected chi connectivity index (χ2v) is 10.3. The van der Waals surface area contributed by atoms with Gasteiger partial charge < -0.3 is 19.7 Å². The van der Waals surface area contributed by atoms with E-state index in [1.165, 1.54) is 18.1 Å². The normalized spacial score (nSPS) is 20.7. The first-order chi connectivity index (χ1) is 16.7. The molecule has 9 nitrogen and oxygen atoms in total. The van der Waals surface area contributed by atoms with Crippen LogP contribution < -0.4 is 14.4 Å². The molecule has 0 saturated carbocycles. The number of methoxy groups -OCH3 is 1. The number of hydrogen-bond donors (Lipinski definition) is 2. The zero-order chi connectivity index (χ0) is 25.0. The van der Waals surface area contributed by atoms with Gasteiger partial charge in [0.15, 0.2) is 11.5 Å². The molecule has 2 aliphatic heterocycles. The minimum atomic E-state index is -1.03. The number of halogens is 1. The molecule has 1 amide bonds. The van der Waals surface area contributed by atoms with Crippen molar-refractivity contribution in [1.82, 2.24) is 10.2 Å². The highest BCUT2D eigenvalue weighted by Crippen LogP contribution is 2.46. The van der Waals surface area contributed by atoms with Crippen LogP contribution in [-0.4, -0.2) is 45.3 Å². The number of aromatic nitrogens is 2. The minimum Gasteiger partial charge on any atom is -0.507 e. The van der Waals surface area contributed by atoms with Crippen LogP contribution in [0.4, 0.5) is 5.13 Å². The van der Waals surface area contributed by atoms with Gasteiger partial charge in [0, 0.05) is 12.0 Å². The molecule has 1 saturated heterocycles. The van der Waals surface area contributed by atoms with Crippen molar-refractivity contribution in [2.45, 2.75) is 32.4 Å². The van der Waals surface area contributed by atoms with Gasteiger partial charge in [-0.2, -0.15) is 0 Å². The standard InChI is InChI=1S/C24H20BrN3O6S/c1-10-6-13-7-12(4-5-16(13)34-10)20(29)18-19(14-8-15(25)21(30)17(9-14)33-3)28(23(32)22(18)31)24-27-26-11(2)35-24/h4-5,7-10,19,29-30H,6H2,1-3H3/b20-18+. The van der Waals surface area contributed by atoms with E-state index in [0.29, 0.717) is 27.0 Å². The van der Waals surface area contributed by atoms with Gasteiger partial charge in [-0.15, -0.1) is 10.2 Å². The molecule has 2 unspecified atom stereocenters. The van der Waals surface area contributed by atoms with Crippen molar-refractivity contribution in [2.24, 2.45) is 0 Å². The molecule has 2 N–H and O–H groups in total. The number of aryl methyl sites for hydroxylation is 1. The number of phenols is 1. The van der Waals surface area contributed by atoms with Gasteiger partial charge in [0.05, 0.1) is 23.2 Å². The number of ketones is 1. The Hall–Kier alpha value is -3.44. The summed E-state index contributed by atoms with van der Waals surface area (Å²) in [5.74, 6) is -1.28. The largest absolute Gasteiger partial charge is 0.507 e. The Morgan fingerprint density at radius 1 is 1.26 bits per heavy atom. The highest BCUT2D eigenvalue weighted by molar-refractivity contribution is 9.10. The van der Waals surface area contributed by atoms with Crippen LogP contribution in [0, 0.1) is 6.92 Å². The molecule has 0 aliphatic carbocycles. The number of nitrogens with zero attached hydrogens (tertiary/aromatic N) is 3. The van der Waals surface area contributed by atoms with E-state index in [2.05, 4.69) is 26.1 Å². The maximum Gasteiger partial charge on any atom is 0.301 e. The van der Waals surface area contributed by atoms with Crippen molar-refractivity contribution in [3.8, 4) is 17.2 Å². The van der Waals surface area contributed by atoms with E-state index in [4.69, 9.17) is 9.47 Å². The summed E-state index contributed by atoms with van der Waals surface area (Å²) in [6.07, 6.45) is 0.677. The smallest absolute Gasteiger partial charge is 0.301 e. The molecular formula is C24H20BrN3O6S. The van der Waals surface area contributed by atoms with E-state index in [1.54, 1.807) is 31.2 Å². The van der Waals surface area contributed by atoms with Crippen molar-refractivity contribution < 1.29 is 29.3 Å². The van der Waals surface area contributed by atoms with Gasteiger partial charge >= 0.3 is 5.91 Å². The Morgan fingerprint density at radius 3 is 2.71 bits per heavy atom. The summed E-state index contributed by atoms with van der Waals surface area (Å²) >= 11 is 4.45. The Morgan fingerprint density at radius 2 is 2.03 bits per heavy atom. The third kappa shape index (κ3) is 3.84. The summed E-state index contributed by atoms with van der Waals surface area (Å²) in [7, 11) is 1.39. The van der Waals surface area contributed by atoms with E-state index in [9.17, 15) is 19.8 Å². The highest BCUT2D eigenvalue weighted by Gasteiger charge is 2.48. The van der Waals surface area contributed by atoms with Crippen LogP contribution in [0.3, 0.4) is 0 Å². The third-order valence-electron chi connectivity index (χ3n) is 5.92.